The molecule has 0 aromatic rings. The maximum Gasteiger partial charge on any atom is 0.0699 e. The van der Waals surface area contributed by atoms with Crippen molar-refractivity contribution in [3.63, 3.8) is 0 Å². The molecule has 0 saturated heterocycles. The summed E-state index contributed by atoms with van der Waals surface area (Å²) >= 11 is 0. The summed E-state index contributed by atoms with van der Waals surface area (Å²) in [7, 11) is 0. The van der Waals surface area contributed by atoms with E-state index in [1.807, 2.05) is 0 Å². The highest BCUT2D eigenvalue weighted by atomic mass is 16.5. The summed E-state index contributed by atoms with van der Waals surface area (Å²) < 4.78 is 5.91. The molecule has 0 aromatic heterocycles. The van der Waals surface area contributed by atoms with Crippen molar-refractivity contribution in [2.24, 2.45) is 0 Å². The van der Waals surface area contributed by atoms with Gasteiger partial charge in [-0.2, -0.15) is 0 Å². The van der Waals surface area contributed by atoms with Gasteiger partial charge in [-0.25, -0.2) is 0 Å². The summed E-state index contributed by atoms with van der Waals surface area (Å²) in [5.74, 6) is 0. The van der Waals surface area contributed by atoms with E-state index in [4.69, 9.17) is 4.74 Å². The van der Waals surface area contributed by atoms with Crippen LogP contribution in [0.3, 0.4) is 0 Å². The highest BCUT2D eigenvalue weighted by Crippen LogP contribution is 2.07. The molecule has 0 spiro atoms. The van der Waals surface area contributed by atoms with Crippen LogP contribution in [0.5, 0.6) is 0 Å². The SMILES string of the molecule is CCCCCCCOC(C)C(CC)NCCC. The number of hydrogen-bond acceptors (Lipinski definition) is 2. The third kappa shape index (κ3) is 9.61. The van der Waals surface area contributed by atoms with Crippen molar-refractivity contribution in [2.75, 3.05) is 13.2 Å². The predicted molar refractivity (Wildman–Crippen MR) is 76.5 cm³/mol. The zero-order chi connectivity index (χ0) is 12.9. The van der Waals surface area contributed by atoms with E-state index in [1.54, 1.807) is 0 Å². The van der Waals surface area contributed by atoms with E-state index in [2.05, 4.69) is 33.0 Å². The molecule has 104 valence electrons. The van der Waals surface area contributed by atoms with Gasteiger partial charge in [0.2, 0.25) is 0 Å². The van der Waals surface area contributed by atoms with E-state index in [0.29, 0.717) is 12.1 Å². The maximum absolute atomic E-state index is 5.91. The minimum absolute atomic E-state index is 0.345. The molecule has 17 heavy (non-hydrogen) atoms. The first-order valence-corrected chi connectivity index (χ1v) is 7.61. The Hall–Kier alpha value is -0.0800. The Bertz CT molecular complexity index is 150. The van der Waals surface area contributed by atoms with Crippen LogP contribution in [0, 0.1) is 0 Å². The second-order valence-corrected chi connectivity index (χ2v) is 4.96. The van der Waals surface area contributed by atoms with E-state index in [-0.39, 0.29) is 0 Å². The molecule has 0 radical (unpaired) electrons. The Labute approximate surface area is 109 Å². The fraction of sp³-hybridized carbons (Fsp3) is 1.00. The van der Waals surface area contributed by atoms with Gasteiger partial charge < -0.3 is 10.1 Å². The van der Waals surface area contributed by atoms with Gasteiger partial charge in [-0.3, -0.25) is 0 Å². The van der Waals surface area contributed by atoms with Gasteiger partial charge in [-0.05, 0) is 32.7 Å². The largest absolute Gasteiger partial charge is 0.377 e. The average Bonchev–Trinajstić information content (AvgIpc) is 2.34. The highest BCUT2D eigenvalue weighted by molar-refractivity contribution is 4.71. The monoisotopic (exact) mass is 243 g/mol. The molecule has 0 aromatic carbocycles. The normalized spacial score (nSPS) is 14.8. The van der Waals surface area contributed by atoms with Gasteiger partial charge in [-0.15, -0.1) is 0 Å². The average molecular weight is 243 g/mol. The van der Waals surface area contributed by atoms with Crippen molar-refractivity contribution in [2.45, 2.75) is 84.8 Å². The van der Waals surface area contributed by atoms with Crippen LogP contribution in [0.4, 0.5) is 0 Å². The van der Waals surface area contributed by atoms with E-state index in [0.717, 1.165) is 19.6 Å². The summed E-state index contributed by atoms with van der Waals surface area (Å²) in [6, 6.07) is 0.519. The Morgan fingerprint density at radius 3 is 2.24 bits per heavy atom. The minimum atomic E-state index is 0.345. The smallest absolute Gasteiger partial charge is 0.0699 e. The topological polar surface area (TPSA) is 21.3 Å². The molecule has 2 nitrogen and oxygen atoms in total. The Morgan fingerprint density at radius 2 is 1.65 bits per heavy atom. The van der Waals surface area contributed by atoms with Crippen LogP contribution in [0.2, 0.25) is 0 Å². The zero-order valence-corrected chi connectivity index (χ0v) is 12.4. The first kappa shape index (κ1) is 16.9. The summed E-state index contributed by atoms with van der Waals surface area (Å²) in [6.07, 6.45) is 9.27. The second kappa shape index (κ2) is 12.4. The fourth-order valence-corrected chi connectivity index (χ4v) is 2.06. The molecule has 2 heteroatoms. The first-order valence-electron chi connectivity index (χ1n) is 7.61. The van der Waals surface area contributed by atoms with Gasteiger partial charge in [0, 0.05) is 12.6 Å². The molecule has 0 fully saturated rings. The number of unbranched alkanes of at least 4 members (excludes halogenated alkanes) is 4. The zero-order valence-electron chi connectivity index (χ0n) is 12.4. The molecule has 0 aliphatic rings. The molecular formula is C15H33NO. The Balaban J connectivity index is 3.50. The molecule has 0 saturated carbocycles. The van der Waals surface area contributed by atoms with Crippen molar-refractivity contribution in [3.8, 4) is 0 Å². The van der Waals surface area contributed by atoms with Crippen LogP contribution >= 0.6 is 0 Å². The van der Waals surface area contributed by atoms with Gasteiger partial charge in [0.05, 0.1) is 6.10 Å². The van der Waals surface area contributed by atoms with E-state index in [9.17, 15) is 0 Å². The second-order valence-electron chi connectivity index (χ2n) is 4.96. The van der Waals surface area contributed by atoms with Crippen LogP contribution in [0.1, 0.15) is 72.6 Å². The third-order valence-corrected chi connectivity index (χ3v) is 3.29. The van der Waals surface area contributed by atoms with Gasteiger partial charge in [0.25, 0.3) is 0 Å². The van der Waals surface area contributed by atoms with Crippen LogP contribution in [-0.2, 0) is 4.74 Å². The van der Waals surface area contributed by atoms with Crippen molar-refractivity contribution < 1.29 is 4.74 Å². The van der Waals surface area contributed by atoms with Crippen LogP contribution in [0.15, 0.2) is 0 Å². The Kier molecular flexibility index (Phi) is 12.3. The van der Waals surface area contributed by atoms with Crippen LogP contribution in [0.25, 0.3) is 0 Å². The van der Waals surface area contributed by atoms with Gasteiger partial charge in [0.15, 0.2) is 0 Å². The summed E-state index contributed by atoms with van der Waals surface area (Å²) in [6.45, 7) is 10.9. The van der Waals surface area contributed by atoms with E-state index in [1.165, 1.54) is 38.5 Å². The van der Waals surface area contributed by atoms with Crippen molar-refractivity contribution in [1.29, 1.82) is 0 Å². The molecule has 0 amide bonds. The Morgan fingerprint density at radius 1 is 0.941 bits per heavy atom. The molecule has 0 rings (SSSR count). The molecule has 1 N–H and O–H groups in total. The molecular weight excluding hydrogens is 210 g/mol. The molecule has 0 heterocycles. The van der Waals surface area contributed by atoms with Crippen molar-refractivity contribution in [1.82, 2.24) is 5.32 Å². The lowest BCUT2D eigenvalue weighted by Crippen LogP contribution is -2.39. The van der Waals surface area contributed by atoms with Crippen molar-refractivity contribution >= 4 is 0 Å². The van der Waals surface area contributed by atoms with Gasteiger partial charge >= 0.3 is 0 Å². The van der Waals surface area contributed by atoms with Crippen LogP contribution in [-0.4, -0.2) is 25.3 Å². The molecule has 0 aliphatic carbocycles. The van der Waals surface area contributed by atoms with E-state index < -0.39 is 0 Å². The fourth-order valence-electron chi connectivity index (χ4n) is 2.06. The highest BCUT2D eigenvalue weighted by Gasteiger charge is 2.14. The molecule has 2 unspecified atom stereocenters. The first-order chi connectivity index (χ1) is 8.26. The summed E-state index contributed by atoms with van der Waals surface area (Å²) in [5, 5.41) is 3.56. The number of nitrogens with one attached hydrogen (secondary N) is 1. The summed E-state index contributed by atoms with van der Waals surface area (Å²) in [4.78, 5) is 0. The predicted octanol–water partition coefficient (Wildman–Crippen LogP) is 4.14. The molecule has 0 aliphatic heterocycles. The molecule has 2 atom stereocenters. The summed E-state index contributed by atoms with van der Waals surface area (Å²) in [5.41, 5.74) is 0. The van der Waals surface area contributed by atoms with Gasteiger partial charge in [0.1, 0.15) is 0 Å². The number of rotatable bonds is 12. The number of ether oxygens (including phenoxy) is 1. The lowest BCUT2D eigenvalue weighted by atomic mass is 10.1. The molecule has 0 bridgehead atoms. The third-order valence-electron chi connectivity index (χ3n) is 3.29. The maximum atomic E-state index is 5.91. The quantitative estimate of drug-likeness (QED) is 0.520. The lowest BCUT2D eigenvalue weighted by molar-refractivity contribution is 0.0356. The van der Waals surface area contributed by atoms with Crippen LogP contribution < -0.4 is 5.32 Å². The van der Waals surface area contributed by atoms with Crippen molar-refractivity contribution in [3.05, 3.63) is 0 Å². The van der Waals surface area contributed by atoms with E-state index >= 15 is 0 Å². The minimum Gasteiger partial charge on any atom is -0.377 e. The van der Waals surface area contributed by atoms with Gasteiger partial charge in [-0.1, -0.05) is 46.5 Å². The lowest BCUT2D eigenvalue weighted by Gasteiger charge is -2.24. The standard InChI is InChI=1S/C15H33NO/c1-5-8-9-10-11-13-17-14(4)15(7-3)16-12-6-2/h14-16H,5-13H2,1-4H3. The number of hydrogen-bond donors (Lipinski definition) is 1.